The molecule has 1 fully saturated rings. The molecule has 7 nitrogen and oxygen atoms in total. The molecule has 7 heteroatoms. The molecule has 0 spiro atoms. The van der Waals surface area contributed by atoms with E-state index in [0.29, 0.717) is 29.6 Å². The highest BCUT2D eigenvalue weighted by molar-refractivity contribution is 5.66. The number of nitrogens with zero attached hydrogens (tertiary/aromatic N) is 3. The SMILES string of the molecule is C=[13CH][13CH2]Nc1ncc(-c2ccc([13C]([13CH3])([13CH3])O)nc2)nc1N[C@H]1CC[C@H](O)CC1. The van der Waals surface area contributed by atoms with Gasteiger partial charge in [-0.1, -0.05) is 6.08 Å². The average molecular weight is 388 g/mol. The summed E-state index contributed by atoms with van der Waals surface area (Å²) in [6.45, 7) is 7.74. The number of aliphatic hydroxyl groups excluding tert-OH is 1. The van der Waals surface area contributed by atoms with Gasteiger partial charge in [0.1, 0.15) is 5.60 Å². The maximum Gasteiger partial charge on any atom is 0.169 e. The van der Waals surface area contributed by atoms with Crippen molar-refractivity contribution in [2.75, 3.05) is 17.2 Å². The van der Waals surface area contributed by atoms with Crippen LogP contribution in [0.3, 0.4) is 0 Å². The van der Waals surface area contributed by atoms with Gasteiger partial charge in [0.05, 0.1) is 23.7 Å². The quantitative estimate of drug-likeness (QED) is 0.427. The topological polar surface area (TPSA) is 103 Å². The van der Waals surface area contributed by atoms with Crippen molar-refractivity contribution in [3.8, 4) is 11.3 Å². The van der Waals surface area contributed by atoms with Crippen molar-refractivity contribution in [3.63, 3.8) is 0 Å². The van der Waals surface area contributed by atoms with Crippen LogP contribution in [-0.4, -0.2) is 43.9 Å². The maximum absolute atomic E-state index is 10.1. The second kappa shape index (κ2) is 8.67. The summed E-state index contributed by atoms with van der Waals surface area (Å²) in [6.07, 6.45) is 8.37. The van der Waals surface area contributed by atoms with Crippen molar-refractivity contribution in [1.29, 1.82) is 0 Å². The van der Waals surface area contributed by atoms with Crippen LogP contribution in [0.4, 0.5) is 11.6 Å². The summed E-state index contributed by atoms with van der Waals surface area (Å²) < 4.78 is 0. The van der Waals surface area contributed by atoms with Gasteiger partial charge in [-0.05, 0) is 51.7 Å². The van der Waals surface area contributed by atoms with Crippen LogP contribution >= 0.6 is 0 Å². The van der Waals surface area contributed by atoms with E-state index in [-0.39, 0.29) is 12.1 Å². The van der Waals surface area contributed by atoms with E-state index in [4.69, 9.17) is 4.98 Å². The Labute approximate surface area is 166 Å². The maximum atomic E-state index is 10.1. The fourth-order valence-electron chi connectivity index (χ4n) is 3.25. The molecule has 2 heterocycles. The summed E-state index contributed by atoms with van der Waals surface area (Å²) in [6, 6.07) is 3.95. The molecule has 150 valence electrons. The van der Waals surface area contributed by atoms with E-state index >= 15 is 0 Å². The normalized spacial score (nSPS) is 19.9. The van der Waals surface area contributed by atoms with Gasteiger partial charge in [0, 0.05) is 24.3 Å². The van der Waals surface area contributed by atoms with Crippen LogP contribution in [0.15, 0.2) is 37.2 Å². The number of nitrogens with one attached hydrogen (secondary N) is 2. The summed E-state index contributed by atoms with van der Waals surface area (Å²) in [5.74, 6) is 1.36. The molecule has 4 N–H and O–H groups in total. The van der Waals surface area contributed by atoms with Crippen molar-refractivity contribution >= 4 is 11.6 Å². The van der Waals surface area contributed by atoms with Gasteiger partial charge < -0.3 is 20.8 Å². The van der Waals surface area contributed by atoms with E-state index in [1.54, 1.807) is 38.4 Å². The van der Waals surface area contributed by atoms with Gasteiger partial charge in [0.2, 0.25) is 0 Å². The van der Waals surface area contributed by atoms with Crippen LogP contribution < -0.4 is 10.6 Å². The Balaban J connectivity index is 1.85. The van der Waals surface area contributed by atoms with E-state index in [1.165, 1.54) is 0 Å². The minimum atomic E-state index is -0.985. The van der Waals surface area contributed by atoms with Crippen molar-refractivity contribution in [1.82, 2.24) is 15.0 Å². The number of hydrogen-bond acceptors (Lipinski definition) is 7. The lowest BCUT2D eigenvalue weighted by atomic mass is 9.93. The Hall–Kier alpha value is -2.51. The number of aromatic nitrogens is 3. The molecule has 3 rings (SSSR count). The zero-order valence-corrected chi connectivity index (χ0v) is 16.5. The van der Waals surface area contributed by atoms with Crippen LogP contribution in [0.2, 0.25) is 0 Å². The van der Waals surface area contributed by atoms with Crippen LogP contribution in [-0.2, 0) is 5.60 Å². The average Bonchev–Trinajstić information content (AvgIpc) is 2.68. The van der Waals surface area contributed by atoms with E-state index in [0.717, 1.165) is 31.2 Å². The molecule has 1 aliphatic carbocycles. The van der Waals surface area contributed by atoms with Crippen LogP contribution in [0.25, 0.3) is 11.3 Å². The summed E-state index contributed by atoms with van der Waals surface area (Å²) in [4.78, 5) is 13.7. The largest absolute Gasteiger partial charge is 0.393 e. The van der Waals surface area contributed by atoms with Crippen LogP contribution in [0.1, 0.15) is 45.2 Å². The first-order valence-electron chi connectivity index (χ1n) is 9.72. The van der Waals surface area contributed by atoms with Gasteiger partial charge in [0.15, 0.2) is 11.6 Å². The third-order valence-electron chi connectivity index (χ3n) is 4.91. The van der Waals surface area contributed by atoms with E-state index in [1.807, 2.05) is 6.07 Å². The van der Waals surface area contributed by atoms with E-state index < -0.39 is 5.60 Å². The summed E-state index contributed by atoms with van der Waals surface area (Å²) in [7, 11) is 0. The Morgan fingerprint density at radius 2 is 1.89 bits per heavy atom. The van der Waals surface area contributed by atoms with Gasteiger partial charge in [-0.25, -0.2) is 9.97 Å². The highest BCUT2D eigenvalue weighted by Crippen LogP contribution is 2.27. The minimum absolute atomic E-state index is 0.200. The van der Waals surface area contributed by atoms with Crippen molar-refractivity contribution in [2.45, 2.75) is 57.3 Å². The zero-order valence-electron chi connectivity index (χ0n) is 16.5. The lowest BCUT2D eigenvalue weighted by molar-refractivity contribution is 0.0739. The molecule has 0 amide bonds. The van der Waals surface area contributed by atoms with Gasteiger partial charge in [-0.3, -0.25) is 4.98 Å². The zero-order chi connectivity index (χ0) is 20.1. The highest BCUT2D eigenvalue weighted by atomic mass is 16.4. The van der Waals surface area contributed by atoms with Gasteiger partial charge in [0.25, 0.3) is 0 Å². The molecule has 0 bridgehead atoms. The molecule has 28 heavy (non-hydrogen) atoms. The number of aliphatic hydroxyl groups is 2. The molecular weight excluding hydrogens is 359 g/mol. The van der Waals surface area contributed by atoms with E-state index in [9.17, 15) is 10.2 Å². The second-order valence-corrected chi connectivity index (χ2v) is 7.76. The molecule has 1 aliphatic rings. The van der Waals surface area contributed by atoms with Crippen LogP contribution in [0, 0.1) is 0 Å². The van der Waals surface area contributed by atoms with Crippen molar-refractivity contribution < 1.29 is 10.2 Å². The van der Waals surface area contributed by atoms with Crippen LogP contribution in [0.5, 0.6) is 0 Å². The number of pyridine rings is 1. The Morgan fingerprint density at radius 3 is 2.50 bits per heavy atom. The molecule has 0 aliphatic heterocycles. The number of hydrogen-bond donors (Lipinski definition) is 4. The first-order valence-corrected chi connectivity index (χ1v) is 9.72. The van der Waals surface area contributed by atoms with Gasteiger partial charge >= 0.3 is 0 Å². The minimum Gasteiger partial charge on any atom is -0.393 e. The Morgan fingerprint density at radius 1 is 1.14 bits per heavy atom. The fraction of sp³-hybridized carbons (Fsp3) is 0.476. The van der Waals surface area contributed by atoms with Crippen molar-refractivity contribution in [2.24, 2.45) is 0 Å². The molecule has 0 radical (unpaired) electrons. The monoisotopic (exact) mass is 388 g/mol. The molecule has 0 unspecified atom stereocenters. The lowest BCUT2D eigenvalue weighted by Crippen LogP contribution is -2.29. The first-order chi connectivity index (χ1) is 13.4. The molecule has 2 aromatic heterocycles. The van der Waals surface area contributed by atoms with E-state index in [2.05, 4.69) is 27.2 Å². The number of anilines is 2. The Kier molecular flexibility index (Phi) is 6.26. The molecule has 1 saturated carbocycles. The Bertz CT molecular complexity index is 793. The molecule has 2 aromatic rings. The summed E-state index contributed by atoms with van der Waals surface area (Å²) in [5, 5.41) is 26.5. The summed E-state index contributed by atoms with van der Waals surface area (Å²) >= 11 is 0. The fourth-order valence-corrected chi connectivity index (χ4v) is 3.25. The highest BCUT2D eigenvalue weighted by Gasteiger charge is 2.21. The van der Waals surface area contributed by atoms with Crippen molar-refractivity contribution in [3.05, 3.63) is 42.9 Å². The summed E-state index contributed by atoms with van der Waals surface area (Å²) in [5.41, 5.74) is 1.16. The molecular formula is C21H29N5O2. The second-order valence-electron chi connectivity index (χ2n) is 7.76. The van der Waals surface area contributed by atoms with Gasteiger partial charge in [-0.15, -0.1) is 6.58 Å². The molecule has 0 saturated heterocycles. The standard InChI is InChI=1S/C21H29N5O2/c1-4-11-22-19-20(25-15-6-8-16(27)9-7-15)26-17(13-24-19)14-5-10-18(23-12-14)21(2,3)28/h4-5,10,12-13,15-16,27-28H,1,6-9,11H2,2-3H3,(H,22,24)(H,25,26)/t15-,16-/i2+1,3+1,4+1,11+1,21+1. The third-order valence-corrected chi connectivity index (χ3v) is 4.91. The predicted octanol–water partition coefficient (Wildman–Crippen LogP) is 3.08. The number of rotatable bonds is 7. The molecule has 0 aromatic carbocycles. The third kappa shape index (κ3) is 5.05. The van der Waals surface area contributed by atoms with Gasteiger partial charge in [-0.2, -0.15) is 0 Å². The lowest BCUT2D eigenvalue weighted by Gasteiger charge is -2.27. The molecule has 0 atom stereocenters. The predicted molar refractivity (Wildman–Crippen MR) is 111 cm³/mol. The first kappa shape index (κ1) is 20.2. The smallest absolute Gasteiger partial charge is 0.169 e.